The molecule has 1 unspecified atom stereocenters. The molecule has 0 spiro atoms. The van der Waals surface area contributed by atoms with E-state index in [9.17, 15) is 4.79 Å². The van der Waals surface area contributed by atoms with Crippen LogP contribution >= 0.6 is 23.5 Å². The van der Waals surface area contributed by atoms with Crippen molar-refractivity contribution in [2.75, 3.05) is 17.3 Å². The van der Waals surface area contributed by atoms with E-state index in [-0.39, 0.29) is 0 Å². The third kappa shape index (κ3) is 14.4. The highest BCUT2D eigenvalue weighted by Gasteiger charge is 2.11. The summed E-state index contributed by atoms with van der Waals surface area (Å²) in [7, 11) is 0. The Bertz CT molecular complexity index is 201. The van der Waals surface area contributed by atoms with Crippen molar-refractivity contribution in [1.82, 2.24) is 0 Å². The van der Waals surface area contributed by atoms with Gasteiger partial charge in [-0.25, -0.2) is 4.79 Å². The molecular weight excluding hydrogens is 280 g/mol. The number of unbranched alkanes of at least 4 members (excludes halogenated alkanes) is 5. The van der Waals surface area contributed by atoms with Gasteiger partial charge < -0.3 is 10.2 Å². The van der Waals surface area contributed by atoms with Crippen LogP contribution in [-0.4, -0.2) is 38.9 Å². The Kier molecular flexibility index (Phi) is 14.6. The van der Waals surface area contributed by atoms with Crippen molar-refractivity contribution >= 4 is 29.5 Å². The van der Waals surface area contributed by atoms with Gasteiger partial charge in [0, 0.05) is 0 Å². The number of aliphatic hydroxyl groups excluding tert-OH is 1. The average molecular weight is 309 g/mol. The van der Waals surface area contributed by atoms with E-state index in [1.54, 1.807) is 0 Å². The van der Waals surface area contributed by atoms with Gasteiger partial charge >= 0.3 is 5.97 Å². The number of thioether (sulfide) groups is 2. The van der Waals surface area contributed by atoms with Crippen LogP contribution in [0.4, 0.5) is 0 Å². The Hall–Kier alpha value is 0.130. The molecule has 0 amide bonds. The lowest BCUT2D eigenvalue weighted by molar-refractivity contribution is -0.141. The van der Waals surface area contributed by atoms with Crippen LogP contribution < -0.4 is 0 Å². The molecule has 1 aliphatic heterocycles. The van der Waals surface area contributed by atoms with Crippen LogP contribution in [-0.2, 0) is 4.79 Å². The summed E-state index contributed by atoms with van der Waals surface area (Å²) in [4.78, 5) is 10.2. The first-order valence-electron chi connectivity index (χ1n) is 7.28. The topological polar surface area (TPSA) is 57.5 Å². The minimum absolute atomic E-state index is 0.736. The van der Waals surface area contributed by atoms with Gasteiger partial charge in [-0.1, -0.05) is 39.0 Å². The summed E-state index contributed by atoms with van der Waals surface area (Å²) in [6, 6.07) is 0. The van der Waals surface area contributed by atoms with Crippen molar-refractivity contribution in [3.63, 3.8) is 0 Å². The van der Waals surface area contributed by atoms with Gasteiger partial charge in [-0.2, -0.15) is 11.8 Å². The van der Waals surface area contributed by atoms with Gasteiger partial charge in [-0.3, -0.25) is 0 Å². The summed E-state index contributed by atoms with van der Waals surface area (Å²) in [5, 5.41) is 17.3. The highest BCUT2D eigenvalue weighted by atomic mass is 32.2. The van der Waals surface area contributed by atoms with Gasteiger partial charge in [0.1, 0.15) is 0 Å². The molecule has 1 heterocycles. The molecule has 1 saturated heterocycles. The number of hydrogen-bond acceptors (Lipinski definition) is 4. The largest absolute Gasteiger partial charge is 0.479 e. The van der Waals surface area contributed by atoms with Gasteiger partial charge in [0.15, 0.2) is 5.44 Å². The molecule has 1 rings (SSSR count). The first-order chi connectivity index (χ1) is 9.18. The lowest BCUT2D eigenvalue weighted by Crippen LogP contribution is -2.15. The van der Waals surface area contributed by atoms with Crippen LogP contribution in [0.5, 0.6) is 0 Å². The molecular formula is C14H28O3S2. The maximum Gasteiger partial charge on any atom is 0.343 e. The number of carboxylic acid groups (broad SMARTS) is 1. The van der Waals surface area contributed by atoms with Gasteiger partial charge in [0.25, 0.3) is 0 Å². The number of aliphatic hydroxyl groups is 1. The molecule has 0 radical (unpaired) electrons. The Balaban J connectivity index is 0.000000532. The summed E-state index contributed by atoms with van der Waals surface area (Å²) in [6.45, 7) is 2.18. The minimum atomic E-state index is -1.24. The zero-order valence-electron chi connectivity index (χ0n) is 12.0. The maximum absolute atomic E-state index is 10.2. The Labute approximate surface area is 125 Å². The fraction of sp³-hybridized carbons (Fsp3) is 0.929. The molecule has 0 aromatic heterocycles. The van der Waals surface area contributed by atoms with Gasteiger partial charge in [-0.05, 0) is 36.5 Å². The Morgan fingerprint density at radius 1 is 1.16 bits per heavy atom. The van der Waals surface area contributed by atoms with Crippen molar-refractivity contribution in [2.24, 2.45) is 0 Å². The minimum Gasteiger partial charge on any atom is -0.479 e. The van der Waals surface area contributed by atoms with E-state index in [1.807, 2.05) is 0 Å². The van der Waals surface area contributed by atoms with Crippen LogP contribution in [0.1, 0.15) is 58.3 Å². The van der Waals surface area contributed by atoms with E-state index in [0.717, 1.165) is 30.4 Å². The van der Waals surface area contributed by atoms with Crippen LogP contribution in [0.2, 0.25) is 0 Å². The summed E-state index contributed by atoms with van der Waals surface area (Å²) < 4.78 is 0. The third-order valence-electron chi connectivity index (χ3n) is 2.81. The zero-order valence-corrected chi connectivity index (χ0v) is 13.6. The molecule has 5 heteroatoms. The lowest BCUT2D eigenvalue weighted by Gasteiger charge is -2.04. The van der Waals surface area contributed by atoms with E-state index >= 15 is 0 Å². The highest BCUT2D eigenvalue weighted by Crippen LogP contribution is 2.15. The predicted octanol–water partition coefficient (Wildman–Crippen LogP) is 4.00. The van der Waals surface area contributed by atoms with E-state index < -0.39 is 11.4 Å². The molecule has 3 nitrogen and oxygen atoms in total. The first-order valence-corrected chi connectivity index (χ1v) is 9.49. The maximum atomic E-state index is 10.2. The summed E-state index contributed by atoms with van der Waals surface area (Å²) in [6.07, 6.45) is 10.1. The monoisotopic (exact) mass is 308 g/mol. The summed E-state index contributed by atoms with van der Waals surface area (Å²) >= 11 is 3.18. The molecule has 19 heavy (non-hydrogen) atoms. The number of carbonyl (C=O) groups is 1. The number of carboxylic acids is 1. The average Bonchev–Trinajstić information content (AvgIpc) is 2.96. The molecule has 0 aromatic carbocycles. The molecule has 1 atom stereocenters. The lowest BCUT2D eigenvalue weighted by atomic mass is 10.1. The van der Waals surface area contributed by atoms with Gasteiger partial charge in [-0.15, -0.1) is 11.8 Å². The van der Waals surface area contributed by atoms with Crippen LogP contribution in [0, 0.1) is 0 Å². The van der Waals surface area contributed by atoms with E-state index in [4.69, 9.17) is 10.2 Å². The van der Waals surface area contributed by atoms with Crippen LogP contribution in [0.15, 0.2) is 0 Å². The van der Waals surface area contributed by atoms with Gasteiger partial charge in [0.2, 0.25) is 0 Å². The molecule has 1 fully saturated rings. The highest BCUT2D eigenvalue weighted by molar-refractivity contribution is 8.00. The smallest absolute Gasteiger partial charge is 0.343 e. The number of aliphatic carboxylic acids is 1. The molecule has 0 aliphatic carbocycles. The van der Waals surface area contributed by atoms with Gasteiger partial charge in [0.05, 0.1) is 0 Å². The van der Waals surface area contributed by atoms with Crippen molar-refractivity contribution in [1.29, 1.82) is 0 Å². The quantitative estimate of drug-likeness (QED) is 0.498. The fourth-order valence-corrected chi connectivity index (χ4v) is 3.42. The second-order valence-electron chi connectivity index (χ2n) is 4.65. The zero-order chi connectivity index (χ0) is 14.3. The first kappa shape index (κ1) is 19.1. The molecule has 2 N–H and O–H groups in total. The summed E-state index contributed by atoms with van der Waals surface area (Å²) in [5.74, 6) is 2.43. The van der Waals surface area contributed by atoms with E-state index in [0.29, 0.717) is 0 Å². The fourth-order valence-electron chi connectivity index (χ4n) is 1.66. The Morgan fingerprint density at radius 2 is 1.74 bits per heavy atom. The summed E-state index contributed by atoms with van der Waals surface area (Å²) in [5.41, 5.74) is -1.24. The van der Waals surface area contributed by atoms with Crippen LogP contribution in [0.25, 0.3) is 0 Å². The number of rotatable bonds is 9. The molecule has 0 saturated carbocycles. The third-order valence-corrected chi connectivity index (χ3v) is 5.01. The van der Waals surface area contributed by atoms with E-state index in [2.05, 4.69) is 18.7 Å². The van der Waals surface area contributed by atoms with Crippen molar-refractivity contribution < 1.29 is 15.0 Å². The van der Waals surface area contributed by atoms with Crippen LogP contribution in [0.3, 0.4) is 0 Å². The Morgan fingerprint density at radius 3 is 2.21 bits per heavy atom. The second-order valence-corrected chi connectivity index (χ2v) is 7.06. The number of hydrogen-bond donors (Lipinski definition) is 2. The molecule has 114 valence electrons. The van der Waals surface area contributed by atoms with E-state index in [1.165, 1.54) is 50.0 Å². The normalized spacial score (nSPS) is 15.7. The second kappa shape index (κ2) is 14.5. The van der Waals surface area contributed by atoms with Crippen molar-refractivity contribution in [2.45, 2.75) is 63.7 Å². The predicted molar refractivity (Wildman–Crippen MR) is 86.0 cm³/mol. The van der Waals surface area contributed by atoms with Crippen molar-refractivity contribution in [3.05, 3.63) is 0 Å². The standard InChI is InChI=1S/C10H20O3S.C4H8S/c1-2-3-4-5-6-7-8-14-10(13)9(11)12;1-2-4-5-3-1/h10,13H,2-8H2,1H3,(H,11,12);1-4H2. The van der Waals surface area contributed by atoms with Crippen molar-refractivity contribution in [3.8, 4) is 0 Å². The molecule has 0 aromatic rings. The molecule has 0 bridgehead atoms. The molecule has 1 aliphatic rings. The SMILES string of the molecule is C1CCSC1.CCCCCCCCSC(O)C(=O)O.